The molecule has 4 bridgehead atoms. The summed E-state index contributed by atoms with van der Waals surface area (Å²) in [5, 5.41) is -4.67. The minimum Gasteiger partial charge on any atom is -0.291 e. The molecule has 3 aromatic carbocycles. The van der Waals surface area contributed by atoms with Crippen molar-refractivity contribution in [1.82, 2.24) is 0 Å². The van der Waals surface area contributed by atoms with Gasteiger partial charge in [-0.05, 0) is 103 Å². The predicted molar refractivity (Wildman–Crippen MR) is 142 cm³/mol. The maximum Gasteiger partial charge on any atom is 0.428 e. The van der Waals surface area contributed by atoms with Crippen molar-refractivity contribution >= 4 is 26.2 Å². The summed E-state index contributed by atoms with van der Waals surface area (Å²) in [5.41, 5.74) is -1.29. The van der Waals surface area contributed by atoms with Gasteiger partial charge in [0.2, 0.25) is 5.78 Å². The van der Waals surface area contributed by atoms with Gasteiger partial charge in [0.25, 0.3) is 0 Å². The van der Waals surface area contributed by atoms with Crippen LogP contribution < -0.4 is 0 Å². The van der Waals surface area contributed by atoms with E-state index >= 15 is 8.78 Å². The topological polar surface area (TPSA) is 60.4 Å². The monoisotopic (exact) mass is 556 g/mol. The molecule has 4 saturated carbocycles. The van der Waals surface area contributed by atoms with Gasteiger partial charge in [-0.3, -0.25) is 4.79 Å². The summed E-state index contributed by atoms with van der Waals surface area (Å²) in [6.07, 6.45) is 3.88. The van der Waals surface area contributed by atoms with Crippen molar-refractivity contribution in [3.63, 3.8) is 0 Å². The van der Waals surface area contributed by atoms with E-state index in [0.717, 1.165) is 19.3 Å². The molecule has 0 amide bonds. The molecule has 0 atom stereocenters. The van der Waals surface area contributed by atoms with Gasteiger partial charge in [0.1, 0.15) is 0 Å². The molecular formula is C30H30F2O4S2. The Labute approximate surface area is 224 Å². The van der Waals surface area contributed by atoms with Crippen LogP contribution >= 0.6 is 10.3 Å². The fourth-order valence-electron chi connectivity index (χ4n) is 7.35. The van der Waals surface area contributed by atoms with Crippen molar-refractivity contribution in [3.8, 4) is 0 Å². The first-order valence-electron chi connectivity index (χ1n) is 13.0. The molecule has 0 saturated heterocycles. The quantitative estimate of drug-likeness (QED) is 0.287. The number of alkyl halides is 2. The third kappa shape index (κ3) is 4.03. The molecule has 0 spiro atoms. The summed E-state index contributed by atoms with van der Waals surface area (Å²) in [5.74, 6) is -0.835. The Kier molecular flexibility index (Phi) is 6.28. The number of benzene rings is 3. The van der Waals surface area contributed by atoms with Gasteiger partial charge in [0, 0.05) is 20.1 Å². The molecule has 4 fully saturated rings. The Bertz CT molecular complexity index is 1290. The van der Waals surface area contributed by atoms with Crippen molar-refractivity contribution in [2.24, 2.45) is 23.2 Å². The lowest BCUT2D eigenvalue weighted by Gasteiger charge is -2.56. The van der Waals surface area contributed by atoms with Crippen LogP contribution in [0.15, 0.2) is 106 Å². The van der Waals surface area contributed by atoms with Crippen LogP contribution in [0.5, 0.6) is 0 Å². The summed E-state index contributed by atoms with van der Waals surface area (Å²) < 4.78 is 65.6. The summed E-state index contributed by atoms with van der Waals surface area (Å²) >= 11 is 0. The first-order valence-corrected chi connectivity index (χ1v) is 16.0. The average Bonchev–Trinajstić information content (AvgIpc) is 2.92. The molecule has 0 aromatic heterocycles. The number of hydrogen-bond donors (Lipinski definition) is 0. The van der Waals surface area contributed by atoms with E-state index in [1.807, 2.05) is 0 Å². The summed E-state index contributed by atoms with van der Waals surface area (Å²) in [7, 11) is -8.88. The second-order valence-corrected chi connectivity index (χ2v) is 15.6. The van der Waals surface area contributed by atoms with Crippen LogP contribution in [0.3, 0.4) is 0 Å². The maximum atomic E-state index is 16.1. The van der Waals surface area contributed by atoms with Crippen molar-refractivity contribution in [2.45, 2.75) is 58.5 Å². The standard InChI is InChI=1S/C30H30F2O4S2/c31-30(32,28(33)29-19-22-16-23(20-29)18-24(17-22)21-29)38(34,35)36-37(25-10-4-1-5-11-25,26-12-6-2-7-13-26)27-14-8-3-9-15-27/h1-15,22-24H,16-21H2. The number of ketones is 1. The Morgan fingerprint density at radius 2 is 1.03 bits per heavy atom. The lowest BCUT2D eigenvalue weighted by Crippen LogP contribution is -2.56. The van der Waals surface area contributed by atoms with Crippen LogP contribution in [0.4, 0.5) is 8.78 Å². The number of hydrogen-bond acceptors (Lipinski definition) is 4. The second-order valence-electron chi connectivity index (χ2n) is 11.1. The Morgan fingerprint density at radius 3 is 1.37 bits per heavy atom. The number of carbonyl (C=O) groups excluding carboxylic acids is 1. The van der Waals surface area contributed by atoms with Crippen molar-refractivity contribution in [2.75, 3.05) is 0 Å². The Morgan fingerprint density at radius 1 is 0.684 bits per heavy atom. The molecule has 38 heavy (non-hydrogen) atoms. The van der Waals surface area contributed by atoms with Crippen LogP contribution in [0.2, 0.25) is 0 Å². The van der Waals surface area contributed by atoms with Crippen molar-refractivity contribution in [3.05, 3.63) is 91.0 Å². The molecule has 0 radical (unpaired) electrons. The fraction of sp³-hybridized carbons (Fsp3) is 0.367. The zero-order chi connectivity index (χ0) is 26.6. The largest absolute Gasteiger partial charge is 0.428 e. The van der Waals surface area contributed by atoms with E-state index in [1.165, 1.54) is 0 Å². The van der Waals surface area contributed by atoms with Crippen molar-refractivity contribution in [1.29, 1.82) is 0 Å². The van der Waals surface area contributed by atoms with Crippen LogP contribution in [-0.2, 0) is 18.5 Å². The van der Waals surface area contributed by atoms with Gasteiger partial charge in [-0.15, -0.1) is 0 Å². The van der Waals surface area contributed by atoms with E-state index in [1.54, 1.807) is 91.0 Å². The molecule has 4 aliphatic rings. The fourth-order valence-corrected chi connectivity index (χ4v) is 12.6. The van der Waals surface area contributed by atoms with Crippen LogP contribution in [-0.4, -0.2) is 19.5 Å². The zero-order valence-electron chi connectivity index (χ0n) is 20.8. The summed E-state index contributed by atoms with van der Waals surface area (Å²) in [6, 6.07) is 25.7. The predicted octanol–water partition coefficient (Wildman–Crippen LogP) is 7.61. The van der Waals surface area contributed by atoms with Gasteiger partial charge in [-0.1, -0.05) is 54.6 Å². The first-order chi connectivity index (χ1) is 18.2. The van der Waals surface area contributed by atoms with E-state index in [9.17, 15) is 13.2 Å². The molecule has 0 unspecified atom stereocenters. The summed E-state index contributed by atoms with van der Waals surface area (Å²) in [4.78, 5) is 15.0. The molecule has 200 valence electrons. The Hall–Kier alpha value is -2.55. The molecular weight excluding hydrogens is 526 g/mol. The summed E-state index contributed by atoms with van der Waals surface area (Å²) in [6.45, 7) is 0. The third-order valence-corrected chi connectivity index (χ3v) is 13.7. The van der Waals surface area contributed by atoms with Gasteiger partial charge in [-0.2, -0.15) is 17.2 Å². The third-order valence-electron chi connectivity index (χ3n) is 8.52. The molecule has 7 rings (SSSR count). The number of Topliss-reactive ketones (excluding diaryl/α,β-unsaturated/α-hetero) is 1. The van der Waals surface area contributed by atoms with Gasteiger partial charge >= 0.3 is 15.4 Å². The van der Waals surface area contributed by atoms with E-state index < -0.39 is 36.9 Å². The highest BCUT2D eigenvalue weighted by atomic mass is 32.3. The minimum atomic E-state index is -5.70. The first kappa shape index (κ1) is 25.7. The van der Waals surface area contributed by atoms with Crippen LogP contribution in [0, 0.1) is 23.2 Å². The molecule has 0 N–H and O–H groups in total. The van der Waals surface area contributed by atoms with E-state index in [2.05, 4.69) is 0 Å². The van der Waals surface area contributed by atoms with E-state index in [-0.39, 0.29) is 17.8 Å². The zero-order valence-corrected chi connectivity index (χ0v) is 22.5. The van der Waals surface area contributed by atoms with Crippen LogP contribution in [0.1, 0.15) is 38.5 Å². The minimum absolute atomic E-state index is 0.215. The lowest BCUT2D eigenvalue weighted by molar-refractivity contribution is -0.159. The molecule has 4 aliphatic carbocycles. The van der Waals surface area contributed by atoms with E-state index in [0.29, 0.717) is 33.9 Å². The molecule has 3 aromatic rings. The molecule has 0 aliphatic heterocycles. The smallest absolute Gasteiger partial charge is 0.291 e. The average molecular weight is 557 g/mol. The highest BCUT2D eigenvalue weighted by Crippen LogP contribution is 2.71. The lowest BCUT2D eigenvalue weighted by atomic mass is 9.48. The Balaban J connectivity index is 1.47. The van der Waals surface area contributed by atoms with E-state index in [4.69, 9.17) is 3.63 Å². The highest BCUT2D eigenvalue weighted by molar-refractivity contribution is 8.33. The highest BCUT2D eigenvalue weighted by Gasteiger charge is 2.66. The SMILES string of the molecule is O=C(C12CC3CC(CC(C3)C1)C2)C(F)(F)S(=O)(=O)OS(c1ccccc1)(c1ccccc1)c1ccccc1. The molecule has 4 nitrogen and oxygen atoms in total. The molecule has 0 heterocycles. The maximum absolute atomic E-state index is 16.1. The van der Waals surface area contributed by atoms with Gasteiger partial charge < -0.3 is 0 Å². The normalized spacial score (nSPS) is 27.3. The van der Waals surface area contributed by atoms with Crippen molar-refractivity contribution < 1.29 is 25.6 Å². The van der Waals surface area contributed by atoms with Gasteiger partial charge in [0.15, 0.2) is 0 Å². The van der Waals surface area contributed by atoms with Crippen LogP contribution in [0.25, 0.3) is 0 Å². The second kappa shape index (κ2) is 9.28. The number of rotatable bonds is 8. The number of halogens is 2. The van der Waals surface area contributed by atoms with Gasteiger partial charge in [-0.25, -0.2) is 3.63 Å². The molecule has 8 heteroatoms. The number of carbonyl (C=O) groups is 1. The van der Waals surface area contributed by atoms with Gasteiger partial charge in [0.05, 0.1) is 0 Å².